The predicted molar refractivity (Wildman–Crippen MR) is 98.5 cm³/mol. The zero-order chi connectivity index (χ0) is 19.0. The third-order valence-corrected chi connectivity index (χ3v) is 5.40. The van der Waals surface area contributed by atoms with Crippen LogP contribution in [0.3, 0.4) is 0 Å². The smallest absolute Gasteiger partial charge is 0.257 e. The van der Waals surface area contributed by atoms with Crippen molar-refractivity contribution in [3.8, 4) is 0 Å². The maximum Gasteiger partial charge on any atom is 0.416 e. The van der Waals surface area contributed by atoms with Crippen molar-refractivity contribution in [3.63, 3.8) is 0 Å². The topological polar surface area (TPSA) is 15.6 Å². The van der Waals surface area contributed by atoms with Crippen molar-refractivity contribution in [3.05, 3.63) is 87.9 Å². The Morgan fingerprint density at radius 2 is 1.70 bits per heavy atom. The van der Waals surface area contributed by atoms with Crippen molar-refractivity contribution < 1.29 is 17.6 Å². The Morgan fingerprint density at radius 3 is 2.33 bits per heavy atom. The molecule has 0 aliphatic carbocycles. The number of hydrazone groups is 1. The number of hydrogen-bond donors (Lipinski definition) is 0. The van der Waals surface area contributed by atoms with Gasteiger partial charge in [-0.3, -0.25) is 5.01 Å². The number of hydrogen-bond acceptors (Lipinski definition) is 3. The molecule has 0 saturated heterocycles. The molecule has 0 spiro atoms. The minimum Gasteiger partial charge on any atom is -0.257 e. The van der Waals surface area contributed by atoms with Crippen LogP contribution in [0.2, 0.25) is 0 Å². The van der Waals surface area contributed by atoms with E-state index in [1.54, 1.807) is 23.2 Å². The molecular formula is C20H14F4N2S. The summed E-state index contributed by atoms with van der Waals surface area (Å²) in [5, 5.41) is 8.16. The van der Waals surface area contributed by atoms with Gasteiger partial charge >= 0.3 is 6.18 Å². The molecule has 0 N–H and O–H groups in total. The summed E-state index contributed by atoms with van der Waals surface area (Å²) in [4.78, 5) is 1.02. The van der Waals surface area contributed by atoms with E-state index in [0.717, 1.165) is 17.0 Å². The lowest BCUT2D eigenvalue weighted by atomic mass is 10.0. The highest BCUT2D eigenvalue weighted by Crippen LogP contribution is 2.39. The van der Waals surface area contributed by atoms with Gasteiger partial charge in [0.15, 0.2) is 0 Å². The van der Waals surface area contributed by atoms with E-state index in [4.69, 9.17) is 0 Å². The van der Waals surface area contributed by atoms with Gasteiger partial charge in [0, 0.05) is 16.9 Å². The summed E-state index contributed by atoms with van der Waals surface area (Å²) in [6.07, 6.45) is -3.92. The Labute approximate surface area is 157 Å². The molecule has 1 aliphatic rings. The third kappa shape index (κ3) is 3.47. The van der Waals surface area contributed by atoms with Crippen LogP contribution >= 0.6 is 11.3 Å². The Bertz CT molecular complexity index is 962. The molecule has 2 aromatic carbocycles. The van der Waals surface area contributed by atoms with Gasteiger partial charge in [-0.15, -0.1) is 11.3 Å². The standard InChI is InChI=1S/C20H14F4N2S/c21-16-5-2-1-4-15(16)17-12-18(19-6-3-11-27-19)26(25-17)14-9-7-13(8-10-14)20(22,23)24/h1-11,18H,12H2/t18-/m1/s1. The van der Waals surface area contributed by atoms with E-state index >= 15 is 0 Å². The summed E-state index contributed by atoms with van der Waals surface area (Å²) in [5.74, 6) is -0.365. The van der Waals surface area contributed by atoms with Crippen LogP contribution in [-0.2, 0) is 6.18 Å². The minimum absolute atomic E-state index is 0.184. The summed E-state index contributed by atoms with van der Waals surface area (Å²) in [7, 11) is 0. The molecule has 2 heterocycles. The van der Waals surface area contributed by atoms with Gasteiger partial charge in [-0.25, -0.2) is 4.39 Å². The van der Waals surface area contributed by atoms with E-state index in [2.05, 4.69) is 5.10 Å². The molecule has 138 valence electrons. The van der Waals surface area contributed by atoms with Crippen molar-refractivity contribution in [2.45, 2.75) is 18.6 Å². The fraction of sp³-hybridized carbons (Fsp3) is 0.150. The number of thiophene rings is 1. The van der Waals surface area contributed by atoms with Crippen molar-refractivity contribution in [1.82, 2.24) is 0 Å². The van der Waals surface area contributed by atoms with Crippen LogP contribution in [-0.4, -0.2) is 5.71 Å². The minimum atomic E-state index is -4.39. The number of halogens is 4. The zero-order valence-corrected chi connectivity index (χ0v) is 14.8. The lowest BCUT2D eigenvalue weighted by Crippen LogP contribution is -2.17. The molecule has 0 radical (unpaired) electrons. The van der Waals surface area contributed by atoms with Crippen molar-refractivity contribution in [2.75, 3.05) is 5.01 Å². The SMILES string of the molecule is Fc1ccccc1C1=NN(c2ccc(C(F)(F)F)cc2)[C@@H](c2cccs2)C1. The van der Waals surface area contributed by atoms with Crippen LogP contribution in [0.25, 0.3) is 0 Å². The molecule has 1 aliphatic heterocycles. The molecule has 1 aromatic heterocycles. The van der Waals surface area contributed by atoms with Gasteiger partial charge in [0.25, 0.3) is 0 Å². The van der Waals surface area contributed by atoms with Crippen molar-refractivity contribution >= 4 is 22.7 Å². The van der Waals surface area contributed by atoms with Gasteiger partial charge in [-0.1, -0.05) is 24.3 Å². The summed E-state index contributed by atoms with van der Waals surface area (Å²) >= 11 is 1.54. The van der Waals surface area contributed by atoms with Gasteiger partial charge in [0.05, 0.1) is 23.0 Å². The van der Waals surface area contributed by atoms with E-state index in [-0.39, 0.29) is 11.9 Å². The van der Waals surface area contributed by atoms with Crippen molar-refractivity contribution in [2.24, 2.45) is 5.10 Å². The van der Waals surface area contributed by atoms with E-state index in [1.807, 2.05) is 17.5 Å². The van der Waals surface area contributed by atoms with Crippen LogP contribution in [0.15, 0.2) is 71.1 Å². The van der Waals surface area contributed by atoms with Gasteiger partial charge in [0.2, 0.25) is 0 Å². The molecule has 0 fully saturated rings. The van der Waals surface area contributed by atoms with Crippen LogP contribution in [0.4, 0.5) is 23.2 Å². The first kappa shape index (κ1) is 17.7. The fourth-order valence-electron chi connectivity index (χ4n) is 3.11. The Morgan fingerprint density at radius 1 is 0.963 bits per heavy atom. The largest absolute Gasteiger partial charge is 0.416 e. The lowest BCUT2D eigenvalue weighted by molar-refractivity contribution is -0.137. The molecule has 0 amide bonds. The first-order valence-electron chi connectivity index (χ1n) is 8.26. The van der Waals surface area contributed by atoms with E-state index in [1.165, 1.54) is 29.5 Å². The van der Waals surface area contributed by atoms with Crippen LogP contribution < -0.4 is 5.01 Å². The maximum absolute atomic E-state index is 14.2. The normalized spacial score (nSPS) is 17.3. The van der Waals surface area contributed by atoms with Crippen LogP contribution in [0, 0.1) is 5.82 Å². The molecule has 7 heteroatoms. The molecular weight excluding hydrogens is 376 g/mol. The van der Waals surface area contributed by atoms with Gasteiger partial charge in [0.1, 0.15) is 5.82 Å². The van der Waals surface area contributed by atoms with E-state index < -0.39 is 11.7 Å². The number of anilines is 1. The number of nitrogens with zero attached hydrogens (tertiary/aromatic N) is 2. The monoisotopic (exact) mass is 390 g/mol. The second-order valence-electron chi connectivity index (χ2n) is 6.15. The molecule has 3 aromatic rings. The Kier molecular flexibility index (Phi) is 4.47. The first-order chi connectivity index (χ1) is 12.9. The van der Waals surface area contributed by atoms with Gasteiger partial charge < -0.3 is 0 Å². The van der Waals surface area contributed by atoms with Crippen LogP contribution in [0.1, 0.15) is 28.5 Å². The molecule has 2 nitrogen and oxygen atoms in total. The van der Waals surface area contributed by atoms with Crippen LogP contribution in [0.5, 0.6) is 0 Å². The maximum atomic E-state index is 14.2. The highest BCUT2D eigenvalue weighted by atomic mass is 32.1. The average molecular weight is 390 g/mol. The van der Waals surface area contributed by atoms with E-state index in [9.17, 15) is 17.6 Å². The molecule has 0 saturated carbocycles. The third-order valence-electron chi connectivity index (χ3n) is 4.43. The lowest BCUT2D eigenvalue weighted by Gasteiger charge is -2.23. The van der Waals surface area contributed by atoms with Gasteiger partial charge in [-0.05, 0) is 41.8 Å². The first-order valence-corrected chi connectivity index (χ1v) is 9.14. The summed E-state index contributed by atoms with van der Waals surface area (Å²) in [6, 6.07) is 14.9. The predicted octanol–water partition coefficient (Wildman–Crippen LogP) is 6.26. The molecule has 4 rings (SSSR count). The fourth-order valence-corrected chi connectivity index (χ4v) is 3.92. The molecule has 0 unspecified atom stereocenters. The van der Waals surface area contributed by atoms with Gasteiger partial charge in [-0.2, -0.15) is 18.3 Å². The van der Waals surface area contributed by atoms with E-state index in [0.29, 0.717) is 23.4 Å². The Balaban J connectivity index is 1.73. The second-order valence-corrected chi connectivity index (χ2v) is 7.13. The second kappa shape index (κ2) is 6.81. The summed E-state index contributed by atoms with van der Waals surface area (Å²) in [5.41, 5.74) is 0.809. The van der Waals surface area contributed by atoms with Crippen molar-refractivity contribution in [1.29, 1.82) is 0 Å². The average Bonchev–Trinajstić information content (AvgIpc) is 3.31. The zero-order valence-electron chi connectivity index (χ0n) is 13.9. The molecule has 0 bridgehead atoms. The quantitative estimate of drug-likeness (QED) is 0.482. The summed E-state index contributed by atoms with van der Waals surface area (Å²) < 4.78 is 52.7. The molecule has 1 atom stereocenters. The number of alkyl halides is 3. The number of rotatable bonds is 3. The molecule has 27 heavy (non-hydrogen) atoms. The Hall–Kier alpha value is -2.67. The highest BCUT2D eigenvalue weighted by Gasteiger charge is 2.33. The highest BCUT2D eigenvalue weighted by molar-refractivity contribution is 7.10. The summed E-state index contributed by atoms with van der Waals surface area (Å²) in [6.45, 7) is 0. The number of benzene rings is 2.